The molecule has 2 heteroatoms. The van der Waals surface area contributed by atoms with E-state index in [2.05, 4.69) is 6.92 Å². The van der Waals surface area contributed by atoms with Gasteiger partial charge in [0, 0.05) is 12.1 Å². The number of hydrogen-bond acceptors (Lipinski definition) is 2. The van der Waals surface area contributed by atoms with Crippen LogP contribution in [0.3, 0.4) is 0 Å². The summed E-state index contributed by atoms with van der Waals surface area (Å²) in [5.74, 6) is 0.795. The largest absolute Gasteiger partial charge is 0.328 e. The molecule has 0 amide bonds. The van der Waals surface area contributed by atoms with Crippen molar-refractivity contribution in [3.05, 3.63) is 0 Å². The van der Waals surface area contributed by atoms with Crippen LogP contribution in [0, 0.1) is 5.92 Å². The van der Waals surface area contributed by atoms with Crippen LogP contribution in [-0.2, 0) is 0 Å². The summed E-state index contributed by atoms with van der Waals surface area (Å²) in [7, 11) is 0. The monoisotopic (exact) mass is 170 g/mol. The van der Waals surface area contributed by atoms with Gasteiger partial charge in [0.2, 0.25) is 0 Å². The van der Waals surface area contributed by atoms with E-state index >= 15 is 0 Å². The van der Waals surface area contributed by atoms with Gasteiger partial charge in [0.25, 0.3) is 0 Å². The molecule has 4 N–H and O–H groups in total. The maximum atomic E-state index is 6.07. The zero-order valence-corrected chi connectivity index (χ0v) is 8.13. The van der Waals surface area contributed by atoms with Gasteiger partial charge in [-0.05, 0) is 38.5 Å². The lowest BCUT2D eigenvalue weighted by atomic mass is 9.94. The van der Waals surface area contributed by atoms with Crippen LogP contribution in [0.15, 0.2) is 0 Å². The third-order valence-electron chi connectivity index (χ3n) is 2.96. The maximum Gasteiger partial charge on any atom is 0.00677 e. The van der Waals surface area contributed by atoms with Crippen molar-refractivity contribution < 1.29 is 0 Å². The zero-order valence-electron chi connectivity index (χ0n) is 8.13. The van der Waals surface area contributed by atoms with E-state index in [1.165, 1.54) is 25.7 Å². The quantitative estimate of drug-likeness (QED) is 0.673. The summed E-state index contributed by atoms with van der Waals surface area (Å²) in [6.45, 7) is 2.06. The topological polar surface area (TPSA) is 52.0 Å². The molecule has 2 atom stereocenters. The van der Waals surface area contributed by atoms with Crippen molar-refractivity contribution in [1.29, 1.82) is 0 Å². The van der Waals surface area contributed by atoms with Crippen molar-refractivity contribution in [2.75, 3.05) is 0 Å². The highest BCUT2D eigenvalue weighted by molar-refractivity contribution is 4.78. The van der Waals surface area contributed by atoms with Crippen LogP contribution in [-0.4, -0.2) is 12.1 Å². The Morgan fingerprint density at radius 2 is 1.75 bits per heavy atom. The average molecular weight is 170 g/mol. The first-order valence-corrected chi connectivity index (χ1v) is 5.21. The Kier molecular flexibility index (Phi) is 4.02. The lowest BCUT2D eigenvalue weighted by molar-refractivity contribution is 0.392. The molecule has 0 saturated heterocycles. The van der Waals surface area contributed by atoms with E-state index in [0.29, 0.717) is 12.1 Å². The van der Waals surface area contributed by atoms with Gasteiger partial charge < -0.3 is 11.5 Å². The highest BCUT2D eigenvalue weighted by Crippen LogP contribution is 2.28. The molecule has 1 saturated carbocycles. The van der Waals surface area contributed by atoms with Gasteiger partial charge in [-0.1, -0.05) is 12.8 Å². The third kappa shape index (κ3) is 3.11. The second-order valence-corrected chi connectivity index (χ2v) is 4.26. The molecule has 0 aromatic heterocycles. The Morgan fingerprint density at radius 3 is 2.25 bits per heavy atom. The minimum atomic E-state index is 0.317. The van der Waals surface area contributed by atoms with Gasteiger partial charge in [-0.25, -0.2) is 0 Å². The number of rotatable bonds is 4. The van der Waals surface area contributed by atoms with Crippen LogP contribution < -0.4 is 11.5 Å². The van der Waals surface area contributed by atoms with Crippen molar-refractivity contribution in [3.8, 4) is 0 Å². The summed E-state index contributed by atoms with van der Waals surface area (Å²) in [4.78, 5) is 0. The normalized spacial score (nSPS) is 24.2. The zero-order chi connectivity index (χ0) is 8.97. The van der Waals surface area contributed by atoms with Crippen LogP contribution >= 0.6 is 0 Å². The molecule has 0 aromatic carbocycles. The summed E-state index contributed by atoms with van der Waals surface area (Å²) in [6.07, 6.45) is 7.66. The summed E-state index contributed by atoms with van der Waals surface area (Å²) in [5, 5.41) is 0. The van der Waals surface area contributed by atoms with Gasteiger partial charge >= 0.3 is 0 Å². The van der Waals surface area contributed by atoms with Crippen molar-refractivity contribution >= 4 is 0 Å². The van der Waals surface area contributed by atoms with Gasteiger partial charge in [-0.3, -0.25) is 0 Å². The fourth-order valence-electron chi connectivity index (χ4n) is 2.08. The molecule has 0 heterocycles. The summed E-state index contributed by atoms with van der Waals surface area (Å²) in [5.41, 5.74) is 11.8. The van der Waals surface area contributed by atoms with Crippen LogP contribution in [0.4, 0.5) is 0 Å². The van der Waals surface area contributed by atoms with Crippen LogP contribution in [0.5, 0.6) is 0 Å². The smallest absolute Gasteiger partial charge is 0.00677 e. The molecule has 2 unspecified atom stereocenters. The molecule has 2 nitrogen and oxygen atoms in total. The minimum absolute atomic E-state index is 0.317. The predicted octanol–water partition coefficient (Wildman–Crippen LogP) is 1.63. The second kappa shape index (κ2) is 4.83. The van der Waals surface area contributed by atoms with Crippen molar-refractivity contribution in [1.82, 2.24) is 0 Å². The molecule has 0 aromatic rings. The maximum absolute atomic E-state index is 6.07. The summed E-state index contributed by atoms with van der Waals surface area (Å²) in [6, 6.07) is 0.732. The predicted molar refractivity (Wildman–Crippen MR) is 52.8 cm³/mol. The Balaban J connectivity index is 2.13. The molecule has 1 aliphatic carbocycles. The molecule has 0 bridgehead atoms. The molecule has 1 fully saturated rings. The molecule has 0 spiro atoms. The van der Waals surface area contributed by atoms with E-state index in [1.54, 1.807) is 0 Å². The first-order chi connectivity index (χ1) is 5.70. The first kappa shape index (κ1) is 10.0. The first-order valence-electron chi connectivity index (χ1n) is 5.21. The SMILES string of the molecule is CC(N)CCC(N)C1CCCC1. The van der Waals surface area contributed by atoms with Crippen molar-refractivity contribution in [2.24, 2.45) is 17.4 Å². The molecule has 72 valence electrons. The molecule has 1 aliphatic rings. The van der Waals surface area contributed by atoms with Gasteiger partial charge in [0.15, 0.2) is 0 Å². The van der Waals surface area contributed by atoms with E-state index < -0.39 is 0 Å². The Bertz CT molecular complexity index is 117. The van der Waals surface area contributed by atoms with Crippen LogP contribution in [0.1, 0.15) is 45.4 Å². The lowest BCUT2D eigenvalue weighted by Gasteiger charge is -2.19. The lowest BCUT2D eigenvalue weighted by Crippen LogP contribution is -2.30. The van der Waals surface area contributed by atoms with Gasteiger partial charge in [0.05, 0.1) is 0 Å². The Morgan fingerprint density at radius 1 is 1.17 bits per heavy atom. The van der Waals surface area contributed by atoms with Crippen molar-refractivity contribution in [2.45, 2.75) is 57.5 Å². The molecular weight excluding hydrogens is 148 g/mol. The fourth-order valence-corrected chi connectivity index (χ4v) is 2.08. The number of nitrogens with two attached hydrogens (primary N) is 2. The third-order valence-corrected chi connectivity index (χ3v) is 2.96. The summed E-state index contributed by atoms with van der Waals surface area (Å²) < 4.78 is 0. The standard InChI is InChI=1S/C10H22N2/c1-8(11)6-7-10(12)9-4-2-3-5-9/h8-10H,2-7,11-12H2,1H3. The summed E-state index contributed by atoms with van der Waals surface area (Å²) >= 11 is 0. The van der Waals surface area contributed by atoms with E-state index in [4.69, 9.17) is 11.5 Å². The van der Waals surface area contributed by atoms with Gasteiger partial charge in [0.1, 0.15) is 0 Å². The van der Waals surface area contributed by atoms with E-state index in [0.717, 1.165) is 18.8 Å². The van der Waals surface area contributed by atoms with E-state index in [9.17, 15) is 0 Å². The Labute approximate surface area is 75.7 Å². The average Bonchev–Trinajstić information content (AvgIpc) is 2.51. The van der Waals surface area contributed by atoms with E-state index in [-0.39, 0.29) is 0 Å². The number of hydrogen-bond donors (Lipinski definition) is 2. The minimum Gasteiger partial charge on any atom is -0.328 e. The van der Waals surface area contributed by atoms with Gasteiger partial charge in [-0.2, -0.15) is 0 Å². The van der Waals surface area contributed by atoms with Crippen LogP contribution in [0.2, 0.25) is 0 Å². The Hall–Kier alpha value is -0.0800. The fraction of sp³-hybridized carbons (Fsp3) is 1.00. The molecule has 1 rings (SSSR count). The molecule has 12 heavy (non-hydrogen) atoms. The van der Waals surface area contributed by atoms with Gasteiger partial charge in [-0.15, -0.1) is 0 Å². The highest BCUT2D eigenvalue weighted by atomic mass is 14.7. The molecular formula is C10H22N2. The molecule has 0 aliphatic heterocycles. The molecule has 0 radical (unpaired) electrons. The second-order valence-electron chi connectivity index (χ2n) is 4.26. The highest BCUT2D eigenvalue weighted by Gasteiger charge is 2.21. The van der Waals surface area contributed by atoms with E-state index in [1.807, 2.05) is 0 Å². The van der Waals surface area contributed by atoms with Crippen molar-refractivity contribution in [3.63, 3.8) is 0 Å². The van der Waals surface area contributed by atoms with Crippen LogP contribution in [0.25, 0.3) is 0 Å².